The lowest BCUT2D eigenvalue weighted by molar-refractivity contribution is 0.0694. The zero-order chi connectivity index (χ0) is 12.5. The summed E-state index contributed by atoms with van der Waals surface area (Å²) >= 11 is 0. The SMILES string of the molecule is O=C(O)c1cccnc1CNC1CC2CCC1O2. The Morgan fingerprint density at radius 1 is 1.56 bits per heavy atom. The molecule has 3 unspecified atom stereocenters. The molecule has 0 amide bonds. The number of hydrogen-bond acceptors (Lipinski definition) is 4. The summed E-state index contributed by atoms with van der Waals surface area (Å²) < 4.78 is 5.75. The van der Waals surface area contributed by atoms with Crippen LogP contribution in [0.25, 0.3) is 0 Å². The summed E-state index contributed by atoms with van der Waals surface area (Å²) in [7, 11) is 0. The van der Waals surface area contributed by atoms with E-state index in [2.05, 4.69) is 10.3 Å². The normalized spacial score (nSPS) is 29.7. The monoisotopic (exact) mass is 248 g/mol. The summed E-state index contributed by atoms with van der Waals surface area (Å²) in [6, 6.07) is 3.57. The van der Waals surface area contributed by atoms with Gasteiger partial charge < -0.3 is 15.2 Å². The Kier molecular flexibility index (Phi) is 3.01. The molecule has 0 spiro atoms. The van der Waals surface area contributed by atoms with E-state index in [9.17, 15) is 4.79 Å². The Labute approximate surface area is 105 Å². The summed E-state index contributed by atoms with van der Waals surface area (Å²) in [6.07, 6.45) is 5.62. The second-order valence-electron chi connectivity index (χ2n) is 4.90. The average molecular weight is 248 g/mol. The molecule has 0 aliphatic carbocycles. The summed E-state index contributed by atoms with van der Waals surface area (Å²) in [4.78, 5) is 15.2. The highest BCUT2D eigenvalue weighted by molar-refractivity contribution is 5.88. The first kappa shape index (κ1) is 11.6. The first-order chi connectivity index (χ1) is 8.74. The maximum absolute atomic E-state index is 11.1. The van der Waals surface area contributed by atoms with Gasteiger partial charge in [0, 0.05) is 18.8 Å². The van der Waals surface area contributed by atoms with Gasteiger partial charge in [-0.3, -0.25) is 4.98 Å². The number of pyridine rings is 1. The first-order valence-electron chi connectivity index (χ1n) is 6.30. The number of aromatic nitrogens is 1. The lowest BCUT2D eigenvalue weighted by Gasteiger charge is -2.20. The van der Waals surface area contributed by atoms with Crippen molar-refractivity contribution >= 4 is 5.97 Å². The van der Waals surface area contributed by atoms with Crippen molar-refractivity contribution in [2.45, 2.75) is 44.1 Å². The molecule has 2 bridgehead atoms. The number of hydrogen-bond donors (Lipinski definition) is 2. The summed E-state index contributed by atoms with van der Waals surface area (Å²) in [5, 5.41) is 12.4. The van der Waals surface area contributed by atoms with Gasteiger partial charge in [-0.05, 0) is 31.4 Å². The van der Waals surface area contributed by atoms with Gasteiger partial charge in [0.05, 0.1) is 23.5 Å². The Hall–Kier alpha value is -1.46. The summed E-state index contributed by atoms with van der Waals surface area (Å²) in [5.74, 6) is -0.927. The zero-order valence-corrected chi connectivity index (χ0v) is 10.0. The molecule has 96 valence electrons. The van der Waals surface area contributed by atoms with Gasteiger partial charge in [-0.15, -0.1) is 0 Å². The number of aromatic carboxylic acids is 1. The van der Waals surface area contributed by atoms with Gasteiger partial charge in [-0.25, -0.2) is 4.79 Å². The molecule has 0 saturated carbocycles. The molecule has 18 heavy (non-hydrogen) atoms. The molecule has 3 rings (SSSR count). The Bertz CT molecular complexity index is 463. The van der Waals surface area contributed by atoms with Gasteiger partial charge in [0.15, 0.2) is 0 Å². The van der Waals surface area contributed by atoms with Crippen molar-refractivity contribution in [3.05, 3.63) is 29.6 Å². The van der Waals surface area contributed by atoms with Gasteiger partial charge >= 0.3 is 5.97 Å². The van der Waals surface area contributed by atoms with Crippen molar-refractivity contribution in [1.82, 2.24) is 10.3 Å². The van der Waals surface area contributed by atoms with Crippen molar-refractivity contribution in [2.75, 3.05) is 0 Å². The molecular formula is C13H16N2O3. The van der Waals surface area contributed by atoms with Gasteiger partial charge in [-0.2, -0.15) is 0 Å². The Balaban J connectivity index is 1.65. The molecular weight excluding hydrogens is 232 g/mol. The van der Waals surface area contributed by atoms with Crippen molar-refractivity contribution in [1.29, 1.82) is 0 Å². The van der Waals surface area contributed by atoms with Gasteiger partial charge in [-0.1, -0.05) is 0 Å². The van der Waals surface area contributed by atoms with E-state index in [1.807, 2.05) is 0 Å². The predicted octanol–water partition coefficient (Wildman–Crippen LogP) is 1.19. The lowest BCUT2D eigenvalue weighted by atomic mass is 9.95. The van der Waals surface area contributed by atoms with E-state index in [1.54, 1.807) is 18.3 Å². The fourth-order valence-electron chi connectivity index (χ4n) is 2.85. The van der Waals surface area contributed by atoms with Crippen LogP contribution in [0.3, 0.4) is 0 Å². The predicted molar refractivity (Wildman–Crippen MR) is 64.3 cm³/mol. The number of carboxylic acid groups (broad SMARTS) is 1. The molecule has 2 aliphatic rings. The van der Waals surface area contributed by atoms with Crippen molar-refractivity contribution in [3.63, 3.8) is 0 Å². The second-order valence-corrected chi connectivity index (χ2v) is 4.90. The first-order valence-corrected chi connectivity index (χ1v) is 6.30. The van der Waals surface area contributed by atoms with Crippen LogP contribution in [0.15, 0.2) is 18.3 Å². The van der Waals surface area contributed by atoms with Crippen LogP contribution >= 0.6 is 0 Å². The van der Waals surface area contributed by atoms with Gasteiger partial charge in [0.1, 0.15) is 0 Å². The Morgan fingerprint density at radius 3 is 3.11 bits per heavy atom. The number of rotatable bonds is 4. The van der Waals surface area contributed by atoms with Crippen LogP contribution in [0.5, 0.6) is 0 Å². The fraction of sp³-hybridized carbons (Fsp3) is 0.538. The third-order valence-electron chi connectivity index (χ3n) is 3.76. The highest BCUT2D eigenvalue weighted by atomic mass is 16.5. The van der Waals surface area contributed by atoms with Crippen LogP contribution in [0.1, 0.15) is 35.3 Å². The van der Waals surface area contributed by atoms with Crippen LogP contribution < -0.4 is 5.32 Å². The van der Waals surface area contributed by atoms with E-state index in [1.165, 1.54) is 0 Å². The van der Waals surface area contributed by atoms with Crippen molar-refractivity contribution in [2.24, 2.45) is 0 Å². The van der Waals surface area contributed by atoms with Crippen LogP contribution in [-0.4, -0.2) is 34.3 Å². The maximum Gasteiger partial charge on any atom is 0.337 e. The van der Waals surface area contributed by atoms with Crippen LogP contribution in [0, 0.1) is 0 Å². The summed E-state index contributed by atoms with van der Waals surface area (Å²) in [5.41, 5.74) is 0.863. The number of carboxylic acids is 1. The van der Waals surface area contributed by atoms with Crippen molar-refractivity contribution in [3.8, 4) is 0 Å². The van der Waals surface area contributed by atoms with E-state index >= 15 is 0 Å². The minimum Gasteiger partial charge on any atom is -0.478 e. The standard InChI is InChI=1S/C13H16N2O3/c16-13(17)9-2-1-5-14-11(9)7-15-10-6-8-3-4-12(10)18-8/h1-2,5,8,10,12,15H,3-4,6-7H2,(H,16,17). The van der Waals surface area contributed by atoms with Crippen LogP contribution in [0.2, 0.25) is 0 Å². The lowest BCUT2D eigenvalue weighted by Crippen LogP contribution is -2.37. The van der Waals surface area contributed by atoms with E-state index in [0.29, 0.717) is 30.5 Å². The smallest absolute Gasteiger partial charge is 0.337 e. The quantitative estimate of drug-likeness (QED) is 0.837. The molecule has 2 saturated heterocycles. The third kappa shape index (κ3) is 2.11. The molecule has 2 N–H and O–H groups in total. The summed E-state index contributed by atoms with van der Waals surface area (Å²) in [6.45, 7) is 0.486. The van der Waals surface area contributed by atoms with E-state index in [-0.39, 0.29) is 5.56 Å². The molecule has 5 heteroatoms. The van der Waals surface area contributed by atoms with Crippen molar-refractivity contribution < 1.29 is 14.6 Å². The minimum atomic E-state index is -0.927. The molecule has 0 aromatic carbocycles. The zero-order valence-electron chi connectivity index (χ0n) is 10.0. The maximum atomic E-state index is 11.1. The molecule has 2 aliphatic heterocycles. The number of ether oxygens (including phenoxy) is 1. The largest absolute Gasteiger partial charge is 0.478 e. The second kappa shape index (κ2) is 4.66. The highest BCUT2D eigenvalue weighted by Gasteiger charge is 2.40. The molecule has 3 heterocycles. The van der Waals surface area contributed by atoms with Crippen LogP contribution in [-0.2, 0) is 11.3 Å². The molecule has 5 nitrogen and oxygen atoms in total. The fourth-order valence-corrected chi connectivity index (χ4v) is 2.85. The average Bonchev–Trinajstić information content (AvgIpc) is 2.98. The van der Waals surface area contributed by atoms with Gasteiger partial charge in [0.25, 0.3) is 0 Å². The van der Waals surface area contributed by atoms with Crippen LogP contribution in [0.4, 0.5) is 0 Å². The number of nitrogens with one attached hydrogen (secondary N) is 1. The Morgan fingerprint density at radius 2 is 2.44 bits per heavy atom. The highest BCUT2D eigenvalue weighted by Crippen LogP contribution is 2.34. The van der Waals surface area contributed by atoms with E-state index in [4.69, 9.17) is 9.84 Å². The molecule has 1 aromatic heterocycles. The molecule has 1 aromatic rings. The van der Waals surface area contributed by atoms with E-state index in [0.717, 1.165) is 19.3 Å². The third-order valence-corrected chi connectivity index (χ3v) is 3.76. The number of carbonyl (C=O) groups is 1. The molecule has 3 atom stereocenters. The molecule has 2 fully saturated rings. The molecule has 0 radical (unpaired) electrons. The van der Waals surface area contributed by atoms with Gasteiger partial charge in [0.2, 0.25) is 0 Å². The topological polar surface area (TPSA) is 71.5 Å². The van der Waals surface area contributed by atoms with E-state index < -0.39 is 5.97 Å². The number of nitrogens with zero attached hydrogens (tertiary/aromatic N) is 1. The number of fused-ring (bicyclic) bond motifs is 2. The minimum absolute atomic E-state index is 0.272.